The van der Waals surface area contributed by atoms with E-state index in [1.165, 1.54) is 0 Å². The van der Waals surface area contributed by atoms with Gasteiger partial charge in [0.15, 0.2) is 0 Å². The molecular weight excluding hydrogens is 226 g/mol. The number of Topliss-reactive ketones (excluding diaryl/α,β-unsaturated/α-hetero) is 1. The highest BCUT2D eigenvalue weighted by Gasteiger charge is 2.25. The van der Waals surface area contributed by atoms with E-state index in [1.807, 2.05) is 0 Å². The number of benzene rings is 1. The average Bonchev–Trinajstić information content (AvgIpc) is 2.81. The molecule has 0 bridgehead atoms. The number of carbonyl (C=O) groups excluding carboxylic acids is 2. The van der Waals surface area contributed by atoms with Crippen molar-refractivity contribution in [3.8, 4) is 0 Å². The Balaban J connectivity index is 2.12. The molecule has 1 aliphatic heterocycles. The Hall–Kier alpha value is -1.35. The largest absolute Gasteiger partial charge is 0.336 e. The number of hydrogen-bond donors (Lipinski definition) is 0. The fourth-order valence-corrected chi connectivity index (χ4v) is 1.91. The third kappa shape index (κ3) is 2.25. The van der Waals surface area contributed by atoms with E-state index in [0.717, 1.165) is 12.8 Å². The number of halogens is 1. The lowest BCUT2D eigenvalue weighted by Gasteiger charge is -2.13. The lowest BCUT2D eigenvalue weighted by Crippen LogP contribution is -2.34. The molecule has 0 aliphatic carbocycles. The van der Waals surface area contributed by atoms with Crippen molar-refractivity contribution in [3.63, 3.8) is 0 Å². The maximum atomic E-state index is 11.8. The smallest absolute Gasteiger partial charge is 0.294 e. The molecule has 0 spiro atoms. The van der Waals surface area contributed by atoms with E-state index in [2.05, 4.69) is 0 Å². The van der Waals surface area contributed by atoms with Gasteiger partial charge in [-0.2, -0.15) is 0 Å². The fraction of sp³-hybridized carbons (Fsp3) is 0.333. The molecule has 1 saturated heterocycles. The van der Waals surface area contributed by atoms with Crippen LogP contribution < -0.4 is 0 Å². The van der Waals surface area contributed by atoms with Gasteiger partial charge in [-0.25, -0.2) is 0 Å². The highest BCUT2D eigenvalue weighted by atomic mass is 35.5. The van der Waals surface area contributed by atoms with Crippen LogP contribution in [-0.4, -0.2) is 29.7 Å². The topological polar surface area (TPSA) is 37.4 Å². The first-order valence-electron chi connectivity index (χ1n) is 5.27. The van der Waals surface area contributed by atoms with Crippen molar-refractivity contribution in [2.24, 2.45) is 0 Å². The van der Waals surface area contributed by atoms with E-state index < -0.39 is 11.7 Å². The predicted molar refractivity (Wildman–Crippen MR) is 61.6 cm³/mol. The summed E-state index contributed by atoms with van der Waals surface area (Å²) in [5, 5.41) is 0.560. The molecule has 3 nitrogen and oxygen atoms in total. The number of carbonyl (C=O) groups is 2. The van der Waals surface area contributed by atoms with Gasteiger partial charge in [0, 0.05) is 23.7 Å². The minimum absolute atomic E-state index is 0.403. The monoisotopic (exact) mass is 237 g/mol. The zero-order chi connectivity index (χ0) is 11.5. The highest BCUT2D eigenvalue weighted by molar-refractivity contribution is 6.42. The molecule has 1 aromatic rings. The Morgan fingerprint density at radius 3 is 2.19 bits per heavy atom. The molecule has 0 radical (unpaired) electrons. The van der Waals surface area contributed by atoms with Crippen LogP contribution in [0.2, 0.25) is 5.02 Å². The quantitative estimate of drug-likeness (QED) is 0.584. The van der Waals surface area contributed by atoms with Crippen molar-refractivity contribution < 1.29 is 9.59 Å². The van der Waals surface area contributed by atoms with E-state index >= 15 is 0 Å². The first kappa shape index (κ1) is 11.1. The van der Waals surface area contributed by atoms with Gasteiger partial charge in [-0.1, -0.05) is 11.6 Å². The highest BCUT2D eigenvalue weighted by Crippen LogP contribution is 2.13. The van der Waals surface area contributed by atoms with Crippen LogP contribution in [0.4, 0.5) is 0 Å². The van der Waals surface area contributed by atoms with Gasteiger partial charge in [0.05, 0.1) is 0 Å². The van der Waals surface area contributed by atoms with Gasteiger partial charge >= 0.3 is 0 Å². The van der Waals surface area contributed by atoms with Crippen molar-refractivity contribution in [2.75, 3.05) is 13.1 Å². The summed E-state index contributed by atoms with van der Waals surface area (Å²) in [6.45, 7) is 1.39. The number of likely N-dealkylation sites (tertiary alicyclic amines) is 1. The lowest BCUT2D eigenvalue weighted by atomic mass is 10.1. The van der Waals surface area contributed by atoms with Crippen LogP contribution in [-0.2, 0) is 4.79 Å². The third-order valence-corrected chi connectivity index (χ3v) is 2.95. The van der Waals surface area contributed by atoms with Crippen molar-refractivity contribution in [3.05, 3.63) is 34.9 Å². The Bertz CT molecular complexity index is 408. The van der Waals surface area contributed by atoms with Crippen LogP contribution in [0, 0.1) is 0 Å². The summed E-state index contributed by atoms with van der Waals surface area (Å²) < 4.78 is 0. The Kier molecular flexibility index (Phi) is 3.25. The molecule has 2 rings (SSSR count). The minimum atomic E-state index is -0.446. The predicted octanol–water partition coefficient (Wildman–Crippen LogP) is 2.15. The summed E-state index contributed by atoms with van der Waals surface area (Å²) in [7, 11) is 0. The molecule has 84 valence electrons. The van der Waals surface area contributed by atoms with Crippen LogP contribution in [0.15, 0.2) is 24.3 Å². The molecule has 0 saturated carbocycles. The van der Waals surface area contributed by atoms with E-state index in [0.29, 0.717) is 23.7 Å². The molecule has 1 fully saturated rings. The zero-order valence-corrected chi connectivity index (χ0v) is 9.54. The van der Waals surface area contributed by atoms with E-state index in [1.54, 1.807) is 29.2 Å². The first-order chi connectivity index (χ1) is 7.68. The van der Waals surface area contributed by atoms with E-state index in [4.69, 9.17) is 11.6 Å². The van der Waals surface area contributed by atoms with Crippen molar-refractivity contribution in [1.82, 2.24) is 4.90 Å². The Morgan fingerprint density at radius 1 is 1.06 bits per heavy atom. The van der Waals surface area contributed by atoms with E-state index in [-0.39, 0.29) is 0 Å². The average molecular weight is 238 g/mol. The molecule has 4 heteroatoms. The van der Waals surface area contributed by atoms with Gasteiger partial charge in [0.1, 0.15) is 0 Å². The Labute approximate surface area is 99.0 Å². The molecule has 16 heavy (non-hydrogen) atoms. The van der Waals surface area contributed by atoms with Crippen molar-refractivity contribution in [1.29, 1.82) is 0 Å². The normalized spacial score (nSPS) is 15.2. The van der Waals surface area contributed by atoms with Gasteiger partial charge in [-0.05, 0) is 37.1 Å². The molecule has 1 heterocycles. The summed E-state index contributed by atoms with van der Waals surface area (Å²) >= 11 is 5.72. The van der Waals surface area contributed by atoms with Gasteiger partial charge in [0.25, 0.3) is 5.91 Å². The van der Waals surface area contributed by atoms with Gasteiger partial charge in [-0.3, -0.25) is 9.59 Å². The van der Waals surface area contributed by atoms with Crippen molar-refractivity contribution >= 4 is 23.3 Å². The maximum Gasteiger partial charge on any atom is 0.294 e. The molecular formula is C12H12ClNO2. The third-order valence-electron chi connectivity index (χ3n) is 2.69. The molecule has 0 N–H and O–H groups in total. The maximum absolute atomic E-state index is 11.8. The molecule has 1 amide bonds. The first-order valence-corrected chi connectivity index (χ1v) is 5.65. The molecule has 0 aromatic heterocycles. The van der Waals surface area contributed by atoms with Gasteiger partial charge in [0.2, 0.25) is 5.78 Å². The number of rotatable bonds is 2. The lowest BCUT2D eigenvalue weighted by molar-refractivity contribution is -0.125. The van der Waals surface area contributed by atoms with Crippen LogP contribution >= 0.6 is 11.6 Å². The van der Waals surface area contributed by atoms with Crippen LogP contribution in [0.25, 0.3) is 0 Å². The van der Waals surface area contributed by atoms with Crippen LogP contribution in [0.1, 0.15) is 23.2 Å². The Morgan fingerprint density at radius 2 is 1.62 bits per heavy atom. The number of hydrogen-bond acceptors (Lipinski definition) is 2. The molecule has 0 unspecified atom stereocenters. The number of nitrogens with zero attached hydrogens (tertiary/aromatic N) is 1. The summed E-state index contributed by atoms with van der Waals surface area (Å²) in [6.07, 6.45) is 1.97. The van der Waals surface area contributed by atoms with Crippen molar-refractivity contribution in [2.45, 2.75) is 12.8 Å². The van der Waals surface area contributed by atoms with Crippen LogP contribution in [0.5, 0.6) is 0 Å². The molecule has 0 atom stereocenters. The second-order valence-electron chi connectivity index (χ2n) is 3.84. The van der Waals surface area contributed by atoms with E-state index in [9.17, 15) is 9.59 Å². The second-order valence-corrected chi connectivity index (χ2v) is 4.27. The van der Waals surface area contributed by atoms with Crippen LogP contribution in [0.3, 0.4) is 0 Å². The van der Waals surface area contributed by atoms with Gasteiger partial charge < -0.3 is 4.90 Å². The summed E-state index contributed by atoms with van der Waals surface area (Å²) in [6, 6.07) is 6.40. The zero-order valence-electron chi connectivity index (χ0n) is 8.78. The SMILES string of the molecule is O=C(C(=O)N1CCCC1)c1ccc(Cl)cc1. The van der Waals surface area contributed by atoms with Gasteiger partial charge in [-0.15, -0.1) is 0 Å². The molecule has 1 aromatic carbocycles. The fourth-order valence-electron chi connectivity index (χ4n) is 1.79. The summed E-state index contributed by atoms with van der Waals surface area (Å²) in [5.74, 6) is -0.849. The molecule has 1 aliphatic rings. The number of ketones is 1. The standard InChI is InChI=1S/C12H12ClNO2/c13-10-5-3-9(4-6-10)11(15)12(16)14-7-1-2-8-14/h3-6H,1-2,7-8H2. The summed E-state index contributed by atoms with van der Waals surface area (Å²) in [4.78, 5) is 25.2. The second kappa shape index (κ2) is 4.66. The number of amides is 1. The summed E-state index contributed by atoms with van der Waals surface area (Å²) in [5.41, 5.74) is 0.404. The minimum Gasteiger partial charge on any atom is -0.336 e.